The summed E-state index contributed by atoms with van der Waals surface area (Å²) in [5.74, 6) is 1.68. The molecule has 0 aliphatic rings. The molecule has 3 heteroatoms. The van der Waals surface area contributed by atoms with Crippen molar-refractivity contribution >= 4 is 12.6 Å². The van der Waals surface area contributed by atoms with Crippen LogP contribution in [0, 0.1) is 0 Å². The summed E-state index contributed by atoms with van der Waals surface area (Å²) in [5.41, 5.74) is 1.05. The molecule has 0 saturated heterocycles. The van der Waals surface area contributed by atoms with Gasteiger partial charge in [-0.05, 0) is 25.1 Å². The molecule has 0 heterocycles. The van der Waals surface area contributed by atoms with Gasteiger partial charge in [0.25, 0.3) is 0 Å². The zero-order chi connectivity index (χ0) is 9.84. The van der Waals surface area contributed by atoms with Crippen LogP contribution in [0.1, 0.15) is 17.7 Å². The Morgan fingerprint density at radius 1 is 1.23 bits per heavy atom. The fraction of sp³-hybridized carbons (Fsp3) is 0.400. The Bertz CT molecular complexity index is 284. The van der Waals surface area contributed by atoms with Gasteiger partial charge in [0, 0.05) is 10.8 Å². The van der Waals surface area contributed by atoms with Gasteiger partial charge in [0.05, 0.1) is 14.2 Å². The van der Waals surface area contributed by atoms with Gasteiger partial charge in [-0.15, -0.1) is 0 Å². The first-order valence-corrected chi connectivity index (χ1v) is 4.60. The summed E-state index contributed by atoms with van der Waals surface area (Å²) in [5, 5.41) is 0.144. The number of rotatable bonds is 3. The van der Waals surface area contributed by atoms with Gasteiger partial charge in [-0.2, -0.15) is 12.6 Å². The molecule has 1 aromatic carbocycles. The number of ether oxygens (including phenoxy) is 2. The topological polar surface area (TPSA) is 18.5 Å². The summed E-state index contributed by atoms with van der Waals surface area (Å²) in [6.07, 6.45) is 0. The van der Waals surface area contributed by atoms with Crippen LogP contribution in [0.5, 0.6) is 11.5 Å². The maximum absolute atomic E-state index is 5.20. The number of hydrogen-bond donors (Lipinski definition) is 1. The third-order valence-corrected chi connectivity index (χ3v) is 2.17. The van der Waals surface area contributed by atoms with Crippen LogP contribution in [0.2, 0.25) is 0 Å². The summed E-state index contributed by atoms with van der Waals surface area (Å²) in [7, 11) is 3.30. The van der Waals surface area contributed by atoms with E-state index in [0.717, 1.165) is 17.1 Å². The molecule has 0 aliphatic carbocycles. The van der Waals surface area contributed by atoms with Crippen molar-refractivity contribution in [3.05, 3.63) is 23.8 Å². The van der Waals surface area contributed by atoms with Crippen molar-refractivity contribution in [1.82, 2.24) is 0 Å². The quantitative estimate of drug-likeness (QED) is 0.753. The molecule has 72 valence electrons. The van der Waals surface area contributed by atoms with Crippen LogP contribution in [-0.4, -0.2) is 14.2 Å². The highest BCUT2D eigenvalue weighted by atomic mass is 32.1. The molecule has 0 aliphatic heterocycles. The lowest BCUT2D eigenvalue weighted by Gasteiger charge is -2.12. The summed E-state index contributed by atoms with van der Waals surface area (Å²) in [6.45, 7) is 2.00. The average molecular weight is 198 g/mol. The smallest absolute Gasteiger partial charge is 0.123 e. The van der Waals surface area contributed by atoms with Gasteiger partial charge in [0.15, 0.2) is 0 Å². The molecule has 0 radical (unpaired) electrons. The molecular weight excluding hydrogens is 184 g/mol. The van der Waals surface area contributed by atoms with Crippen LogP contribution in [-0.2, 0) is 0 Å². The van der Waals surface area contributed by atoms with E-state index in [4.69, 9.17) is 9.47 Å². The first-order chi connectivity index (χ1) is 6.19. The SMILES string of the molecule is COc1ccc(OC)c(C(C)S)c1. The zero-order valence-corrected chi connectivity index (χ0v) is 8.97. The van der Waals surface area contributed by atoms with Gasteiger partial charge in [-0.25, -0.2) is 0 Å². The standard InChI is InChI=1S/C10H14O2S/c1-7(13)9-6-8(11-2)4-5-10(9)12-3/h4-7,13H,1-3H3. The Kier molecular flexibility index (Phi) is 3.48. The highest BCUT2D eigenvalue weighted by Crippen LogP contribution is 2.31. The molecule has 0 N–H and O–H groups in total. The Balaban J connectivity index is 3.10. The van der Waals surface area contributed by atoms with E-state index in [2.05, 4.69) is 12.6 Å². The van der Waals surface area contributed by atoms with Crippen molar-refractivity contribution in [3.8, 4) is 11.5 Å². The fourth-order valence-electron chi connectivity index (χ4n) is 1.17. The summed E-state index contributed by atoms with van der Waals surface area (Å²) >= 11 is 4.36. The summed E-state index contributed by atoms with van der Waals surface area (Å²) in [6, 6.07) is 5.70. The second-order valence-electron chi connectivity index (χ2n) is 2.78. The lowest BCUT2D eigenvalue weighted by molar-refractivity contribution is 0.399. The number of hydrogen-bond acceptors (Lipinski definition) is 3. The Morgan fingerprint density at radius 3 is 2.38 bits per heavy atom. The van der Waals surface area contributed by atoms with Crippen molar-refractivity contribution in [2.24, 2.45) is 0 Å². The third kappa shape index (κ3) is 2.31. The monoisotopic (exact) mass is 198 g/mol. The van der Waals surface area contributed by atoms with E-state index in [-0.39, 0.29) is 5.25 Å². The molecule has 1 rings (SSSR count). The van der Waals surface area contributed by atoms with E-state index in [1.807, 2.05) is 25.1 Å². The fourth-order valence-corrected chi connectivity index (χ4v) is 1.37. The highest BCUT2D eigenvalue weighted by molar-refractivity contribution is 7.80. The molecule has 1 aromatic rings. The van der Waals surface area contributed by atoms with E-state index in [1.54, 1.807) is 14.2 Å². The Labute approximate surface area is 84.3 Å². The lowest BCUT2D eigenvalue weighted by atomic mass is 10.1. The largest absolute Gasteiger partial charge is 0.497 e. The predicted molar refractivity (Wildman–Crippen MR) is 56.9 cm³/mol. The van der Waals surface area contributed by atoms with Crippen molar-refractivity contribution in [1.29, 1.82) is 0 Å². The van der Waals surface area contributed by atoms with Crippen molar-refractivity contribution < 1.29 is 9.47 Å². The molecule has 0 bridgehead atoms. The number of methoxy groups -OCH3 is 2. The predicted octanol–water partition coefficient (Wildman–Crippen LogP) is 2.69. The van der Waals surface area contributed by atoms with E-state index in [9.17, 15) is 0 Å². The minimum absolute atomic E-state index is 0.144. The van der Waals surface area contributed by atoms with Gasteiger partial charge in [-0.1, -0.05) is 0 Å². The number of thiol groups is 1. The average Bonchev–Trinajstić information content (AvgIpc) is 2.16. The van der Waals surface area contributed by atoms with E-state index >= 15 is 0 Å². The molecule has 0 saturated carbocycles. The molecular formula is C10H14O2S. The highest BCUT2D eigenvalue weighted by Gasteiger charge is 2.08. The normalized spacial score (nSPS) is 12.3. The van der Waals surface area contributed by atoms with Crippen LogP contribution in [0.4, 0.5) is 0 Å². The van der Waals surface area contributed by atoms with E-state index < -0.39 is 0 Å². The van der Waals surface area contributed by atoms with E-state index in [0.29, 0.717) is 0 Å². The minimum atomic E-state index is 0.144. The molecule has 0 amide bonds. The number of benzene rings is 1. The van der Waals surface area contributed by atoms with Crippen LogP contribution >= 0.6 is 12.6 Å². The van der Waals surface area contributed by atoms with Gasteiger partial charge in [0.1, 0.15) is 11.5 Å². The Morgan fingerprint density at radius 2 is 1.92 bits per heavy atom. The molecule has 1 atom stereocenters. The zero-order valence-electron chi connectivity index (χ0n) is 8.07. The molecule has 0 aromatic heterocycles. The van der Waals surface area contributed by atoms with Crippen LogP contribution in [0.25, 0.3) is 0 Å². The van der Waals surface area contributed by atoms with Crippen LogP contribution < -0.4 is 9.47 Å². The molecule has 2 nitrogen and oxygen atoms in total. The molecule has 13 heavy (non-hydrogen) atoms. The van der Waals surface area contributed by atoms with Gasteiger partial charge in [-0.3, -0.25) is 0 Å². The van der Waals surface area contributed by atoms with E-state index in [1.165, 1.54) is 0 Å². The second kappa shape index (κ2) is 4.42. The maximum atomic E-state index is 5.20. The third-order valence-electron chi connectivity index (χ3n) is 1.89. The summed E-state index contributed by atoms with van der Waals surface area (Å²) < 4.78 is 10.3. The van der Waals surface area contributed by atoms with Crippen molar-refractivity contribution in [2.75, 3.05) is 14.2 Å². The molecule has 1 unspecified atom stereocenters. The first-order valence-electron chi connectivity index (χ1n) is 4.09. The molecule has 0 fully saturated rings. The second-order valence-corrected chi connectivity index (χ2v) is 3.56. The van der Waals surface area contributed by atoms with Gasteiger partial charge >= 0.3 is 0 Å². The maximum Gasteiger partial charge on any atom is 0.123 e. The summed E-state index contributed by atoms with van der Waals surface area (Å²) in [4.78, 5) is 0. The van der Waals surface area contributed by atoms with Gasteiger partial charge in [0.2, 0.25) is 0 Å². The molecule has 0 spiro atoms. The van der Waals surface area contributed by atoms with Crippen molar-refractivity contribution in [3.63, 3.8) is 0 Å². The van der Waals surface area contributed by atoms with Crippen LogP contribution in [0.15, 0.2) is 18.2 Å². The van der Waals surface area contributed by atoms with Crippen LogP contribution in [0.3, 0.4) is 0 Å². The van der Waals surface area contributed by atoms with Crippen molar-refractivity contribution in [2.45, 2.75) is 12.2 Å². The van der Waals surface area contributed by atoms with Gasteiger partial charge < -0.3 is 9.47 Å². The first kappa shape index (κ1) is 10.3. The Hall–Kier alpha value is -0.830. The lowest BCUT2D eigenvalue weighted by Crippen LogP contribution is -1.93. The minimum Gasteiger partial charge on any atom is -0.497 e.